The Morgan fingerprint density at radius 3 is 1.41 bits per heavy atom. The van der Waals surface area contributed by atoms with Crippen LogP contribution >= 0.6 is 0 Å². The van der Waals surface area contributed by atoms with E-state index in [0.717, 1.165) is 7.11 Å². The Kier molecular flexibility index (Phi) is 21.1. The summed E-state index contributed by atoms with van der Waals surface area (Å²) in [5.41, 5.74) is 1.35. The lowest BCUT2D eigenvalue weighted by Crippen LogP contribution is -2.42. The molecule has 0 saturated carbocycles. The van der Waals surface area contributed by atoms with Crippen molar-refractivity contribution in [2.45, 2.75) is 46.2 Å². The third kappa shape index (κ3) is 20.0. The number of carbonyl (C=O) groups is 8. The van der Waals surface area contributed by atoms with Gasteiger partial charge in [0.25, 0.3) is 0 Å². The normalized spacial score (nSPS) is 10.9. The molecule has 0 aliphatic rings. The molecule has 2 aromatic carbocycles. The number of methoxy groups -OCH3 is 2. The summed E-state index contributed by atoms with van der Waals surface area (Å²) in [5.74, 6) is -5.28. The van der Waals surface area contributed by atoms with Crippen molar-refractivity contribution in [3.05, 3.63) is 59.7 Å². The van der Waals surface area contributed by atoms with Crippen molar-refractivity contribution in [2.24, 2.45) is 0 Å². The third-order valence-corrected chi connectivity index (χ3v) is 5.92. The third-order valence-electron chi connectivity index (χ3n) is 5.92. The Morgan fingerprint density at radius 2 is 1.00 bits per heavy atom. The highest BCUT2D eigenvalue weighted by atomic mass is 16.6. The number of carbonyl (C=O) groups excluding carboxylic acids is 6. The fourth-order valence-electron chi connectivity index (χ4n) is 3.62. The van der Waals surface area contributed by atoms with E-state index in [1.807, 2.05) is 0 Å². The van der Waals surface area contributed by atoms with Crippen molar-refractivity contribution >= 4 is 47.6 Å². The van der Waals surface area contributed by atoms with Crippen LogP contribution in [0.25, 0.3) is 0 Å². The maximum absolute atomic E-state index is 12.1. The summed E-state index contributed by atoms with van der Waals surface area (Å²) in [6.07, 6.45) is 0.231. The number of benzene rings is 2. The number of esters is 4. The molecule has 4 N–H and O–H groups in total. The molecule has 2 rings (SSSR count). The fourth-order valence-corrected chi connectivity index (χ4v) is 3.62. The van der Waals surface area contributed by atoms with Crippen LogP contribution in [0.5, 0.6) is 11.5 Å². The first-order valence-corrected chi connectivity index (χ1v) is 14.5. The van der Waals surface area contributed by atoms with Gasteiger partial charge in [-0.2, -0.15) is 0 Å². The number of nitrogens with one attached hydrogen (secondary N) is 2. The molecule has 0 aliphatic heterocycles. The molecule has 0 fully saturated rings. The Labute approximate surface area is 293 Å². The lowest BCUT2D eigenvalue weighted by atomic mass is 10.1. The second-order valence-electron chi connectivity index (χ2n) is 9.93. The zero-order valence-electron chi connectivity index (χ0n) is 27.6. The average molecular weight is 723 g/mol. The summed E-state index contributed by atoms with van der Waals surface area (Å²) < 4.78 is 28.4. The number of ether oxygens (including phenoxy) is 6. The summed E-state index contributed by atoms with van der Waals surface area (Å²) in [4.78, 5) is 89.2. The standard InChI is InChI=1S/C19H23NO10.C13H15NO6.CH4/c1-12(21)20-15(19(25)30-10-17(23)27-3)8-13-4-6-14(7-5-13)28-11-18(24)29-9-16(22)26-2;1-8(15)14-11(13(18)19)6-9-2-4-10(5-3-9)20-7-12(16)17;/h4-7,15H,8-11H2,1-3H3,(H,20,21);2-5,11H,6-7H2,1H3,(H,14,15)(H,16,17)(H,18,19);1H4. The summed E-state index contributed by atoms with van der Waals surface area (Å²) in [5, 5.41) is 22.2. The molecule has 2 aromatic rings. The Balaban J connectivity index is 0.00000104. The van der Waals surface area contributed by atoms with Crippen LogP contribution in [0.15, 0.2) is 48.5 Å². The fraction of sp³-hybridized carbons (Fsp3) is 0.394. The topological polar surface area (TPSA) is 256 Å². The van der Waals surface area contributed by atoms with Gasteiger partial charge < -0.3 is 49.3 Å². The van der Waals surface area contributed by atoms with Gasteiger partial charge >= 0.3 is 35.8 Å². The van der Waals surface area contributed by atoms with Crippen molar-refractivity contribution in [2.75, 3.05) is 40.6 Å². The van der Waals surface area contributed by atoms with E-state index >= 15 is 0 Å². The van der Waals surface area contributed by atoms with Crippen LogP contribution in [0, 0.1) is 0 Å². The Morgan fingerprint density at radius 1 is 0.588 bits per heavy atom. The van der Waals surface area contributed by atoms with Gasteiger partial charge in [-0.05, 0) is 35.4 Å². The summed E-state index contributed by atoms with van der Waals surface area (Å²) in [7, 11) is 2.33. The smallest absolute Gasteiger partial charge is 0.344 e. The molecule has 0 bridgehead atoms. The number of amides is 2. The molecule has 18 heteroatoms. The maximum atomic E-state index is 12.1. The van der Waals surface area contributed by atoms with E-state index in [1.165, 1.54) is 21.0 Å². The molecule has 0 spiro atoms. The molecule has 0 radical (unpaired) electrons. The van der Waals surface area contributed by atoms with Gasteiger partial charge in [-0.15, -0.1) is 0 Å². The number of aliphatic carboxylic acids is 2. The van der Waals surface area contributed by atoms with Crippen molar-refractivity contribution < 1.29 is 77.0 Å². The molecule has 2 amide bonds. The van der Waals surface area contributed by atoms with Crippen molar-refractivity contribution in [1.29, 1.82) is 0 Å². The monoisotopic (exact) mass is 722 g/mol. The molecular formula is C33H42N2O16. The van der Waals surface area contributed by atoms with E-state index in [0.29, 0.717) is 22.6 Å². The molecule has 280 valence electrons. The van der Waals surface area contributed by atoms with Crippen LogP contribution in [0.2, 0.25) is 0 Å². The largest absolute Gasteiger partial charge is 0.482 e. The number of carboxylic acids is 2. The molecule has 2 unspecified atom stereocenters. The minimum Gasteiger partial charge on any atom is -0.482 e. The predicted molar refractivity (Wildman–Crippen MR) is 174 cm³/mol. The van der Waals surface area contributed by atoms with Crippen LogP contribution in [-0.2, 0) is 70.1 Å². The predicted octanol–water partition coefficient (Wildman–Crippen LogP) is 0.463. The number of carboxylic acid groups (broad SMARTS) is 2. The Hall–Kier alpha value is -6.20. The molecule has 18 nitrogen and oxygen atoms in total. The summed E-state index contributed by atoms with van der Waals surface area (Å²) in [6, 6.07) is 10.7. The van der Waals surface area contributed by atoms with E-state index in [4.69, 9.17) is 24.4 Å². The molecule has 0 aromatic heterocycles. The van der Waals surface area contributed by atoms with Crippen LogP contribution < -0.4 is 20.1 Å². The zero-order chi connectivity index (χ0) is 37.6. The lowest BCUT2D eigenvalue weighted by Gasteiger charge is -2.16. The van der Waals surface area contributed by atoms with Gasteiger partial charge in [0.1, 0.15) is 23.6 Å². The van der Waals surface area contributed by atoms with Gasteiger partial charge in [-0.3, -0.25) is 9.59 Å². The van der Waals surface area contributed by atoms with Crippen LogP contribution in [0.1, 0.15) is 32.4 Å². The highest BCUT2D eigenvalue weighted by Crippen LogP contribution is 2.15. The molecule has 0 aliphatic carbocycles. The summed E-state index contributed by atoms with van der Waals surface area (Å²) in [6.45, 7) is 0.571. The van der Waals surface area contributed by atoms with Crippen molar-refractivity contribution in [1.82, 2.24) is 10.6 Å². The second kappa shape index (κ2) is 24.0. The van der Waals surface area contributed by atoms with Crippen molar-refractivity contribution in [3.8, 4) is 11.5 Å². The van der Waals surface area contributed by atoms with Gasteiger partial charge in [0.05, 0.1) is 14.2 Å². The lowest BCUT2D eigenvalue weighted by molar-refractivity contribution is -0.158. The minimum atomic E-state index is -1.12. The molecule has 0 heterocycles. The van der Waals surface area contributed by atoms with E-state index < -0.39 is 86.1 Å². The van der Waals surface area contributed by atoms with Gasteiger partial charge in [-0.25, -0.2) is 28.8 Å². The first-order chi connectivity index (χ1) is 23.6. The van der Waals surface area contributed by atoms with E-state index in [9.17, 15) is 38.4 Å². The Bertz CT molecular complexity index is 1470. The van der Waals surface area contributed by atoms with Crippen molar-refractivity contribution in [3.63, 3.8) is 0 Å². The highest BCUT2D eigenvalue weighted by molar-refractivity contribution is 5.85. The van der Waals surface area contributed by atoms with Gasteiger partial charge in [0, 0.05) is 26.7 Å². The zero-order valence-corrected chi connectivity index (χ0v) is 27.6. The molecule has 2 atom stereocenters. The first kappa shape index (κ1) is 44.8. The van der Waals surface area contributed by atoms with E-state index in [1.54, 1.807) is 48.5 Å². The van der Waals surface area contributed by atoms with E-state index in [2.05, 4.69) is 24.8 Å². The van der Waals surface area contributed by atoms with Crippen LogP contribution in [0.4, 0.5) is 0 Å². The molecule has 0 saturated heterocycles. The van der Waals surface area contributed by atoms with Crippen LogP contribution in [0.3, 0.4) is 0 Å². The second-order valence-corrected chi connectivity index (χ2v) is 9.93. The van der Waals surface area contributed by atoms with Crippen LogP contribution in [-0.4, -0.2) is 111 Å². The highest BCUT2D eigenvalue weighted by Gasteiger charge is 2.23. The number of hydrogen-bond donors (Lipinski definition) is 4. The first-order valence-electron chi connectivity index (χ1n) is 14.5. The molecule has 51 heavy (non-hydrogen) atoms. The maximum Gasteiger partial charge on any atom is 0.344 e. The SMILES string of the molecule is C.CC(=O)NC(Cc1ccc(OCC(=O)O)cc1)C(=O)O.COC(=O)COC(=O)COc1ccc(CC(NC(C)=O)C(=O)OCC(=O)OC)cc1. The van der Waals surface area contributed by atoms with Gasteiger partial charge in [-0.1, -0.05) is 31.7 Å². The van der Waals surface area contributed by atoms with Gasteiger partial charge in [0.15, 0.2) is 26.4 Å². The molecular weight excluding hydrogens is 680 g/mol. The van der Waals surface area contributed by atoms with E-state index in [-0.39, 0.29) is 20.3 Å². The minimum absolute atomic E-state index is 0. The number of rotatable bonds is 18. The summed E-state index contributed by atoms with van der Waals surface area (Å²) >= 11 is 0. The average Bonchev–Trinajstić information content (AvgIpc) is 3.07. The van der Waals surface area contributed by atoms with Gasteiger partial charge in [0.2, 0.25) is 11.8 Å². The number of hydrogen-bond acceptors (Lipinski definition) is 14. The quantitative estimate of drug-likeness (QED) is 0.120.